The van der Waals surface area contributed by atoms with Gasteiger partial charge in [0.25, 0.3) is 0 Å². The molecule has 1 fully saturated rings. The highest BCUT2D eigenvalue weighted by Crippen LogP contribution is 2.45. The second kappa shape index (κ2) is 8.88. The van der Waals surface area contributed by atoms with Crippen LogP contribution in [0.2, 0.25) is 0 Å². The van der Waals surface area contributed by atoms with E-state index in [4.69, 9.17) is 19.9 Å². The first-order valence-corrected chi connectivity index (χ1v) is 10.6. The zero-order valence-corrected chi connectivity index (χ0v) is 18.0. The van der Waals surface area contributed by atoms with Crippen LogP contribution in [0.15, 0.2) is 60.0 Å². The van der Waals surface area contributed by atoms with Crippen molar-refractivity contribution >= 4 is 6.09 Å². The van der Waals surface area contributed by atoms with E-state index in [0.29, 0.717) is 48.9 Å². The van der Waals surface area contributed by atoms with Crippen LogP contribution in [-0.2, 0) is 4.74 Å². The van der Waals surface area contributed by atoms with Crippen molar-refractivity contribution in [3.8, 4) is 29.0 Å². The average molecular weight is 461 g/mol. The zero-order chi connectivity index (χ0) is 23.7. The molecule has 1 unspecified atom stereocenters. The van der Waals surface area contributed by atoms with Crippen molar-refractivity contribution in [3.63, 3.8) is 0 Å². The molecule has 0 bridgehead atoms. The van der Waals surface area contributed by atoms with Crippen molar-refractivity contribution in [2.24, 2.45) is 5.73 Å². The number of hydrogen-bond acceptors (Lipinski definition) is 7. The van der Waals surface area contributed by atoms with E-state index in [1.807, 2.05) is 0 Å². The maximum absolute atomic E-state index is 13.5. The van der Waals surface area contributed by atoms with Crippen molar-refractivity contribution < 1.29 is 23.4 Å². The van der Waals surface area contributed by atoms with E-state index < -0.39 is 12.0 Å². The Hall–Kier alpha value is -4.36. The number of allylic oxidation sites excluding steroid dienone is 1. The van der Waals surface area contributed by atoms with Gasteiger partial charge in [-0.15, -0.1) is 5.10 Å². The lowest BCUT2D eigenvalue weighted by Gasteiger charge is -2.26. The van der Waals surface area contributed by atoms with Gasteiger partial charge in [-0.25, -0.2) is 9.18 Å². The number of nitrogens with two attached hydrogens (primary N) is 1. The standard InChI is InChI=1S/C24H20FN5O4/c25-16-5-1-15(2-6-16)21-20-19(18(13-26)22(27)34-23(20)29-28-21)14-3-7-17(8-4-14)33-24(31)30-9-11-32-12-10-30/h1-8,19H,9-12,27H2,(H,28,29). The van der Waals surface area contributed by atoms with Gasteiger partial charge in [0, 0.05) is 18.7 Å². The van der Waals surface area contributed by atoms with Crippen LogP contribution in [-0.4, -0.2) is 47.5 Å². The molecule has 1 amide bonds. The Bertz CT molecular complexity index is 1290. The third-order valence-corrected chi connectivity index (χ3v) is 5.76. The fourth-order valence-electron chi connectivity index (χ4n) is 4.05. The summed E-state index contributed by atoms with van der Waals surface area (Å²) in [4.78, 5) is 14.0. The van der Waals surface area contributed by atoms with E-state index in [2.05, 4.69) is 16.3 Å². The fourth-order valence-corrected chi connectivity index (χ4v) is 4.05. The lowest BCUT2D eigenvalue weighted by atomic mass is 9.83. The summed E-state index contributed by atoms with van der Waals surface area (Å²) in [6.45, 7) is 1.91. The number of nitrogens with zero attached hydrogens (tertiary/aromatic N) is 3. The largest absolute Gasteiger partial charge is 0.420 e. The molecule has 2 aromatic carbocycles. The number of benzene rings is 2. The second-order valence-electron chi connectivity index (χ2n) is 7.79. The molecule has 172 valence electrons. The van der Waals surface area contributed by atoms with Gasteiger partial charge in [0.1, 0.15) is 23.2 Å². The van der Waals surface area contributed by atoms with E-state index in [1.54, 1.807) is 41.3 Å². The summed E-state index contributed by atoms with van der Waals surface area (Å²) in [5, 5.41) is 17.0. The van der Waals surface area contributed by atoms with Gasteiger partial charge >= 0.3 is 6.09 Å². The number of hydrogen-bond donors (Lipinski definition) is 2. The normalized spacial score (nSPS) is 17.5. The molecule has 10 heteroatoms. The minimum atomic E-state index is -0.587. The number of carbonyl (C=O) groups excluding carboxylic acids is 1. The summed E-state index contributed by atoms with van der Waals surface area (Å²) < 4.78 is 29.8. The SMILES string of the molecule is N#CC1=C(N)Oc2n[nH]c(-c3ccc(F)cc3)c2C1c1ccc(OC(=O)N2CCOCC2)cc1. The molecular weight excluding hydrogens is 441 g/mol. The van der Waals surface area contributed by atoms with E-state index in [-0.39, 0.29) is 23.2 Å². The summed E-state index contributed by atoms with van der Waals surface area (Å²) in [5.41, 5.74) is 8.84. The summed E-state index contributed by atoms with van der Waals surface area (Å²) in [5.74, 6) is -0.386. The molecule has 3 aromatic rings. The molecule has 0 aliphatic carbocycles. The number of nitriles is 1. The molecule has 2 aliphatic rings. The molecule has 1 saturated heterocycles. The highest BCUT2D eigenvalue weighted by atomic mass is 19.1. The summed E-state index contributed by atoms with van der Waals surface area (Å²) in [7, 11) is 0. The first-order valence-electron chi connectivity index (χ1n) is 10.6. The number of halogens is 1. The quantitative estimate of drug-likeness (QED) is 0.613. The van der Waals surface area contributed by atoms with Crippen LogP contribution in [0, 0.1) is 17.1 Å². The molecule has 0 radical (unpaired) electrons. The van der Waals surface area contributed by atoms with Crippen LogP contribution < -0.4 is 15.2 Å². The minimum absolute atomic E-state index is 0.0417. The van der Waals surface area contributed by atoms with Crippen LogP contribution >= 0.6 is 0 Å². The number of aromatic amines is 1. The summed E-state index contributed by atoms with van der Waals surface area (Å²) >= 11 is 0. The Kier molecular flexibility index (Phi) is 5.61. The molecule has 0 saturated carbocycles. The van der Waals surface area contributed by atoms with Crippen LogP contribution in [0.1, 0.15) is 17.0 Å². The van der Waals surface area contributed by atoms with Gasteiger partial charge < -0.3 is 24.8 Å². The number of amides is 1. The van der Waals surface area contributed by atoms with E-state index in [1.165, 1.54) is 12.1 Å². The third-order valence-electron chi connectivity index (χ3n) is 5.76. The van der Waals surface area contributed by atoms with Gasteiger partial charge in [-0.2, -0.15) is 5.26 Å². The first kappa shape index (κ1) is 21.5. The van der Waals surface area contributed by atoms with E-state index in [0.717, 1.165) is 5.56 Å². The summed E-state index contributed by atoms with van der Waals surface area (Å²) in [6, 6.07) is 14.9. The number of ether oxygens (including phenoxy) is 3. The minimum Gasteiger partial charge on any atom is -0.420 e. The fraction of sp³-hybridized carbons (Fsp3) is 0.208. The number of H-pyrrole nitrogens is 1. The molecule has 2 aliphatic heterocycles. The number of aromatic nitrogens is 2. The van der Waals surface area contributed by atoms with Crippen LogP contribution in [0.25, 0.3) is 11.3 Å². The van der Waals surface area contributed by atoms with Crippen molar-refractivity contribution in [1.29, 1.82) is 5.26 Å². The smallest absolute Gasteiger partial charge is 0.415 e. The molecule has 9 nitrogen and oxygen atoms in total. The molecule has 0 spiro atoms. The number of fused-ring (bicyclic) bond motifs is 1. The van der Waals surface area contributed by atoms with Gasteiger partial charge in [0.15, 0.2) is 0 Å². The Morgan fingerprint density at radius 3 is 2.56 bits per heavy atom. The van der Waals surface area contributed by atoms with Crippen molar-refractivity contribution in [2.45, 2.75) is 5.92 Å². The predicted molar refractivity (Wildman–Crippen MR) is 118 cm³/mol. The van der Waals surface area contributed by atoms with Crippen molar-refractivity contribution in [3.05, 3.63) is 76.9 Å². The van der Waals surface area contributed by atoms with E-state index >= 15 is 0 Å². The summed E-state index contributed by atoms with van der Waals surface area (Å²) in [6.07, 6.45) is -0.445. The van der Waals surface area contributed by atoms with Gasteiger partial charge in [-0.1, -0.05) is 12.1 Å². The molecule has 34 heavy (non-hydrogen) atoms. The van der Waals surface area contributed by atoms with Crippen LogP contribution in [0.3, 0.4) is 0 Å². The Labute approximate surface area is 194 Å². The molecule has 1 aromatic heterocycles. The van der Waals surface area contributed by atoms with Crippen molar-refractivity contribution in [2.75, 3.05) is 26.3 Å². The molecule has 3 N–H and O–H groups in total. The number of morpholine rings is 1. The number of rotatable bonds is 3. The maximum atomic E-state index is 13.5. The van der Waals surface area contributed by atoms with Gasteiger partial charge in [-0.3, -0.25) is 5.10 Å². The highest BCUT2D eigenvalue weighted by Gasteiger charge is 2.35. The van der Waals surface area contributed by atoms with Crippen LogP contribution in [0.4, 0.5) is 9.18 Å². The Balaban J connectivity index is 1.48. The maximum Gasteiger partial charge on any atom is 0.415 e. The van der Waals surface area contributed by atoms with Crippen LogP contribution in [0.5, 0.6) is 11.6 Å². The molecule has 3 heterocycles. The number of nitrogens with one attached hydrogen (secondary N) is 1. The Morgan fingerprint density at radius 1 is 1.18 bits per heavy atom. The molecule has 5 rings (SSSR count). The topological polar surface area (TPSA) is 126 Å². The number of carbonyl (C=O) groups is 1. The first-order chi connectivity index (χ1) is 16.5. The lowest BCUT2D eigenvalue weighted by Crippen LogP contribution is -2.42. The van der Waals surface area contributed by atoms with E-state index in [9.17, 15) is 14.4 Å². The van der Waals surface area contributed by atoms with Gasteiger partial charge in [0.2, 0.25) is 11.8 Å². The monoisotopic (exact) mass is 461 g/mol. The predicted octanol–water partition coefficient (Wildman–Crippen LogP) is 3.26. The molecule has 1 atom stereocenters. The van der Waals surface area contributed by atoms with Gasteiger partial charge in [0.05, 0.1) is 30.4 Å². The van der Waals surface area contributed by atoms with Crippen molar-refractivity contribution in [1.82, 2.24) is 15.1 Å². The zero-order valence-electron chi connectivity index (χ0n) is 18.0. The third kappa shape index (κ3) is 3.93. The average Bonchev–Trinajstić information content (AvgIpc) is 3.28. The molecular formula is C24H20FN5O4. The second-order valence-corrected chi connectivity index (χ2v) is 7.79. The highest BCUT2D eigenvalue weighted by molar-refractivity contribution is 5.72. The Morgan fingerprint density at radius 2 is 1.88 bits per heavy atom. The lowest BCUT2D eigenvalue weighted by molar-refractivity contribution is 0.0416. The van der Waals surface area contributed by atoms with Gasteiger partial charge in [-0.05, 0) is 42.0 Å².